The largest absolute Gasteiger partial charge is 0.487 e. The van der Waals surface area contributed by atoms with E-state index < -0.39 is 0 Å². The van der Waals surface area contributed by atoms with Crippen LogP contribution in [0.3, 0.4) is 0 Å². The summed E-state index contributed by atoms with van der Waals surface area (Å²) in [4.78, 5) is 29.4. The number of anilines is 1. The molecule has 7 heteroatoms. The predicted molar refractivity (Wildman–Crippen MR) is 126 cm³/mol. The maximum atomic E-state index is 12.6. The van der Waals surface area contributed by atoms with Crippen LogP contribution in [0.25, 0.3) is 5.65 Å². The Bertz CT molecular complexity index is 1320. The fourth-order valence-electron chi connectivity index (χ4n) is 3.52. The molecule has 0 unspecified atom stereocenters. The van der Waals surface area contributed by atoms with Gasteiger partial charge in [0.2, 0.25) is 0 Å². The summed E-state index contributed by atoms with van der Waals surface area (Å²) in [5, 5.41) is 5.80. The maximum absolute atomic E-state index is 12.6. The average molecular weight is 441 g/mol. The van der Waals surface area contributed by atoms with Gasteiger partial charge < -0.3 is 19.8 Å². The molecule has 0 spiro atoms. The molecule has 4 aromatic rings. The summed E-state index contributed by atoms with van der Waals surface area (Å²) < 4.78 is 7.81. The molecule has 5 rings (SSSR count). The minimum atomic E-state index is -0.253. The summed E-state index contributed by atoms with van der Waals surface area (Å²) in [5.41, 5.74) is 4.47. The molecule has 166 valence electrons. The van der Waals surface area contributed by atoms with Crippen LogP contribution in [-0.2, 0) is 6.61 Å². The first-order valence-electron chi connectivity index (χ1n) is 10.9. The number of nitrogens with zero attached hydrogens (tertiary/aromatic N) is 2. The summed E-state index contributed by atoms with van der Waals surface area (Å²) in [6.07, 6.45) is 6.03. The second-order valence-corrected chi connectivity index (χ2v) is 8.30. The number of hydrogen-bond acceptors (Lipinski definition) is 4. The van der Waals surface area contributed by atoms with Crippen molar-refractivity contribution < 1.29 is 14.3 Å². The summed E-state index contributed by atoms with van der Waals surface area (Å²) in [6.45, 7) is 2.37. The molecule has 0 aliphatic heterocycles. The maximum Gasteiger partial charge on any atom is 0.255 e. The minimum absolute atomic E-state index is 0.115. The van der Waals surface area contributed by atoms with Gasteiger partial charge in [0.25, 0.3) is 11.8 Å². The number of amides is 2. The quantitative estimate of drug-likeness (QED) is 0.447. The van der Waals surface area contributed by atoms with Crippen molar-refractivity contribution in [2.75, 3.05) is 5.32 Å². The topological polar surface area (TPSA) is 84.7 Å². The predicted octanol–water partition coefficient (Wildman–Crippen LogP) is 4.37. The number of aryl methyl sites for hydroxylation is 1. The number of nitrogens with one attached hydrogen (secondary N) is 2. The van der Waals surface area contributed by atoms with Crippen LogP contribution in [0.2, 0.25) is 0 Å². The van der Waals surface area contributed by atoms with Gasteiger partial charge in [-0.05, 0) is 73.9 Å². The zero-order valence-electron chi connectivity index (χ0n) is 18.2. The van der Waals surface area contributed by atoms with Crippen molar-refractivity contribution in [2.45, 2.75) is 32.4 Å². The molecule has 33 heavy (non-hydrogen) atoms. The average Bonchev–Trinajstić information content (AvgIpc) is 3.54. The van der Waals surface area contributed by atoms with Crippen molar-refractivity contribution >= 4 is 23.1 Å². The number of benzene rings is 2. The zero-order valence-corrected chi connectivity index (χ0v) is 18.2. The standard InChI is InChI=1S/C26H24N4O3/c1-17-5-12-24-27-22(15-30(24)14-17)16-33-23-10-6-18(7-11-23)25(31)29-21-4-2-3-19(13-21)26(32)28-20-8-9-20/h2-7,10-15,20H,8-9,16H2,1H3,(H,28,32)(H,29,31). The fourth-order valence-corrected chi connectivity index (χ4v) is 3.52. The second kappa shape index (κ2) is 8.78. The molecule has 7 nitrogen and oxygen atoms in total. The first-order valence-corrected chi connectivity index (χ1v) is 10.9. The van der Waals surface area contributed by atoms with Crippen molar-refractivity contribution in [1.82, 2.24) is 14.7 Å². The third kappa shape index (κ3) is 5.03. The van der Waals surface area contributed by atoms with Gasteiger partial charge in [-0.25, -0.2) is 4.98 Å². The van der Waals surface area contributed by atoms with Gasteiger partial charge >= 0.3 is 0 Å². The van der Waals surface area contributed by atoms with Gasteiger partial charge in [0.15, 0.2) is 0 Å². The monoisotopic (exact) mass is 440 g/mol. The van der Waals surface area contributed by atoms with E-state index >= 15 is 0 Å². The van der Waals surface area contributed by atoms with E-state index in [-0.39, 0.29) is 17.9 Å². The number of ether oxygens (including phenoxy) is 1. The first kappa shape index (κ1) is 20.8. The Hall–Kier alpha value is -4.13. The number of carbonyl (C=O) groups is 2. The highest BCUT2D eigenvalue weighted by molar-refractivity contribution is 6.05. The van der Waals surface area contributed by atoms with Gasteiger partial charge in [0.1, 0.15) is 18.0 Å². The Morgan fingerprint density at radius 3 is 2.61 bits per heavy atom. The van der Waals surface area contributed by atoms with Crippen LogP contribution in [0.1, 0.15) is 44.8 Å². The van der Waals surface area contributed by atoms with E-state index in [1.807, 2.05) is 35.9 Å². The fraction of sp³-hybridized carbons (Fsp3) is 0.192. The number of fused-ring (bicyclic) bond motifs is 1. The van der Waals surface area contributed by atoms with Crippen molar-refractivity contribution in [1.29, 1.82) is 0 Å². The Balaban J connectivity index is 1.19. The van der Waals surface area contributed by atoms with Crippen LogP contribution in [-0.4, -0.2) is 27.2 Å². The smallest absolute Gasteiger partial charge is 0.255 e. The molecule has 2 amide bonds. The lowest BCUT2D eigenvalue weighted by Gasteiger charge is -2.09. The third-order valence-electron chi connectivity index (χ3n) is 5.45. The third-order valence-corrected chi connectivity index (χ3v) is 5.45. The summed E-state index contributed by atoms with van der Waals surface area (Å²) in [5.74, 6) is 0.284. The first-order chi connectivity index (χ1) is 16.0. The van der Waals surface area contributed by atoms with Crippen LogP contribution in [0.15, 0.2) is 73.1 Å². The lowest BCUT2D eigenvalue weighted by atomic mass is 10.1. The molecule has 2 aromatic carbocycles. The van der Waals surface area contributed by atoms with Gasteiger partial charge in [0.05, 0.1) is 5.69 Å². The van der Waals surface area contributed by atoms with Crippen molar-refractivity contribution in [3.63, 3.8) is 0 Å². The molecular weight excluding hydrogens is 416 g/mol. The van der Waals surface area contributed by atoms with E-state index in [1.54, 1.807) is 48.5 Å². The number of imidazole rings is 1. The van der Waals surface area contributed by atoms with E-state index in [4.69, 9.17) is 4.74 Å². The molecule has 1 fully saturated rings. The van der Waals surface area contributed by atoms with Crippen molar-refractivity contribution in [2.24, 2.45) is 0 Å². The molecule has 0 radical (unpaired) electrons. The number of aromatic nitrogens is 2. The van der Waals surface area contributed by atoms with Crippen LogP contribution in [0.5, 0.6) is 5.75 Å². The van der Waals surface area contributed by atoms with Crippen molar-refractivity contribution in [3.8, 4) is 5.75 Å². The van der Waals surface area contributed by atoms with E-state index in [0.717, 1.165) is 29.7 Å². The molecule has 0 atom stereocenters. The number of rotatable bonds is 7. The highest BCUT2D eigenvalue weighted by atomic mass is 16.5. The van der Waals surface area contributed by atoms with Crippen molar-refractivity contribution in [3.05, 3.63) is 95.4 Å². The van der Waals surface area contributed by atoms with Crippen LogP contribution < -0.4 is 15.4 Å². The zero-order chi connectivity index (χ0) is 22.8. The van der Waals surface area contributed by atoms with E-state index in [2.05, 4.69) is 15.6 Å². The second-order valence-electron chi connectivity index (χ2n) is 8.30. The van der Waals surface area contributed by atoms with Gasteiger partial charge in [-0.1, -0.05) is 12.1 Å². The molecule has 0 bridgehead atoms. The molecule has 0 saturated heterocycles. The Labute approximate surface area is 191 Å². The van der Waals surface area contributed by atoms with Crippen LogP contribution in [0, 0.1) is 6.92 Å². The normalized spacial score (nSPS) is 13.0. The molecular formula is C26H24N4O3. The summed E-state index contributed by atoms with van der Waals surface area (Å²) in [7, 11) is 0. The summed E-state index contributed by atoms with van der Waals surface area (Å²) >= 11 is 0. The minimum Gasteiger partial charge on any atom is -0.487 e. The number of hydrogen-bond donors (Lipinski definition) is 2. The van der Waals surface area contributed by atoms with Crippen LogP contribution in [0.4, 0.5) is 5.69 Å². The molecule has 1 saturated carbocycles. The molecule has 2 heterocycles. The highest BCUT2D eigenvalue weighted by Crippen LogP contribution is 2.20. The molecule has 1 aliphatic carbocycles. The lowest BCUT2D eigenvalue weighted by Crippen LogP contribution is -2.25. The van der Waals surface area contributed by atoms with Gasteiger partial charge in [-0.3, -0.25) is 9.59 Å². The molecule has 2 N–H and O–H groups in total. The molecule has 2 aromatic heterocycles. The SMILES string of the molecule is Cc1ccc2nc(COc3ccc(C(=O)Nc4cccc(C(=O)NC5CC5)c4)cc3)cn2c1. The van der Waals surface area contributed by atoms with E-state index in [1.165, 1.54) is 0 Å². The molecule has 1 aliphatic rings. The number of pyridine rings is 1. The van der Waals surface area contributed by atoms with E-state index in [9.17, 15) is 9.59 Å². The van der Waals surface area contributed by atoms with E-state index in [0.29, 0.717) is 29.2 Å². The highest BCUT2D eigenvalue weighted by Gasteiger charge is 2.23. The van der Waals surface area contributed by atoms with Gasteiger partial charge in [0, 0.05) is 35.2 Å². The Morgan fingerprint density at radius 1 is 1.00 bits per heavy atom. The Morgan fingerprint density at radius 2 is 1.82 bits per heavy atom. The van der Waals surface area contributed by atoms with Gasteiger partial charge in [-0.2, -0.15) is 0 Å². The number of carbonyl (C=O) groups excluding carboxylic acids is 2. The summed E-state index contributed by atoms with van der Waals surface area (Å²) in [6, 6.07) is 18.2. The lowest BCUT2D eigenvalue weighted by molar-refractivity contribution is 0.0949. The Kier molecular flexibility index (Phi) is 5.52. The van der Waals surface area contributed by atoms with Gasteiger partial charge in [-0.15, -0.1) is 0 Å². The van der Waals surface area contributed by atoms with Crippen LogP contribution >= 0.6 is 0 Å².